The first-order valence-corrected chi connectivity index (χ1v) is 6.88. The highest BCUT2D eigenvalue weighted by Crippen LogP contribution is 2.21. The van der Waals surface area contributed by atoms with Crippen molar-refractivity contribution in [3.05, 3.63) is 40.8 Å². The van der Waals surface area contributed by atoms with E-state index in [0.29, 0.717) is 11.1 Å². The molecule has 1 aromatic carbocycles. The van der Waals surface area contributed by atoms with Crippen LogP contribution in [0.5, 0.6) is 0 Å². The number of carbonyl (C=O) groups is 1. The third-order valence-electron chi connectivity index (χ3n) is 3.74. The summed E-state index contributed by atoms with van der Waals surface area (Å²) in [5, 5.41) is 7.54. The molecular formula is C15H17N3O2. The van der Waals surface area contributed by atoms with Crippen LogP contribution in [0.15, 0.2) is 35.3 Å². The van der Waals surface area contributed by atoms with Gasteiger partial charge in [0.1, 0.15) is 0 Å². The first-order valence-electron chi connectivity index (χ1n) is 6.88. The molecule has 2 heterocycles. The highest BCUT2D eigenvalue weighted by atomic mass is 16.2. The molecule has 20 heavy (non-hydrogen) atoms. The summed E-state index contributed by atoms with van der Waals surface area (Å²) in [5.74, 6) is 0.0194. The van der Waals surface area contributed by atoms with Gasteiger partial charge in [0, 0.05) is 29.2 Å². The van der Waals surface area contributed by atoms with E-state index < -0.39 is 0 Å². The van der Waals surface area contributed by atoms with Gasteiger partial charge in [-0.15, -0.1) is 0 Å². The second kappa shape index (κ2) is 5.46. The van der Waals surface area contributed by atoms with Crippen molar-refractivity contribution in [2.24, 2.45) is 5.92 Å². The third kappa shape index (κ3) is 2.44. The minimum Gasteiger partial charge on any atom is -0.329 e. The average Bonchev–Trinajstić information content (AvgIpc) is 2.49. The second-order valence-corrected chi connectivity index (χ2v) is 5.11. The van der Waals surface area contributed by atoms with E-state index in [-0.39, 0.29) is 17.4 Å². The minimum atomic E-state index is -0.141. The van der Waals surface area contributed by atoms with Crippen LogP contribution in [0.1, 0.15) is 12.8 Å². The molecule has 0 unspecified atom stereocenters. The molecule has 2 aromatic rings. The number of nitrogens with one attached hydrogen (secondary N) is 3. The smallest absolute Gasteiger partial charge is 0.255 e. The van der Waals surface area contributed by atoms with Crippen molar-refractivity contribution in [2.75, 3.05) is 18.4 Å². The molecule has 3 N–H and O–H groups in total. The molecule has 0 bridgehead atoms. The Morgan fingerprint density at radius 2 is 2.15 bits per heavy atom. The molecule has 0 saturated carbocycles. The fourth-order valence-corrected chi connectivity index (χ4v) is 2.64. The van der Waals surface area contributed by atoms with E-state index in [1.165, 1.54) is 0 Å². The van der Waals surface area contributed by atoms with Crippen molar-refractivity contribution in [1.82, 2.24) is 10.3 Å². The molecule has 1 saturated heterocycles. The van der Waals surface area contributed by atoms with Gasteiger partial charge in [0.25, 0.3) is 5.56 Å². The molecule has 1 aliphatic heterocycles. The van der Waals surface area contributed by atoms with Gasteiger partial charge in [-0.2, -0.15) is 0 Å². The highest BCUT2D eigenvalue weighted by Gasteiger charge is 2.21. The quantitative estimate of drug-likeness (QED) is 0.774. The van der Waals surface area contributed by atoms with E-state index in [1.54, 1.807) is 18.3 Å². The summed E-state index contributed by atoms with van der Waals surface area (Å²) in [5.41, 5.74) is 0.558. The van der Waals surface area contributed by atoms with Crippen molar-refractivity contribution < 1.29 is 4.79 Å². The number of hydrogen-bond donors (Lipinski definition) is 3. The van der Waals surface area contributed by atoms with Gasteiger partial charge in [-0.3, -0.25) is 9.59 Å². The monoisotopic (exact) mass is 271 g/mol. The lowest BCUT2D eigenvalue weighted by molar-refractivity contribution is -0.120. The lowest BCUT2D eigenvalue weighted by Gasteiger charge is -2.22. The summed E-state index contributed by atoms with van der Waals surface area (Å²) < 4.78 is 0. The van der Waals surface area contributed by atoms with Crippen LogP contribution >= 0.6 is 0 Å². The summed E-state index contributed by atoms with van der Waals surface area (Å²) in [6.07, 6.45) is 3.53. The first-order chi connectivity index (χ1) is 9.75. The number of piperidine rings is 1. The topological polar surface area (TPSA) is 74.0 Å². The molecule has 1 aliphatic rings. The van der Waals surface area contributed by atoms with Gasteiger partial charge in [-0.25, -0.2) is 0 Å². The summed E-state index contributed by atoms with van der Waals surface area (Å²) in [7, 11) is 0. The molecule has 1 aromatic heterocycles. The van der Waals surface area contributed by atoms with Gasteiger partial charge in [0.2, 0.25) is 5.91 Å². The van der Waals surface area contributed by atoms with Crippen molar-refractivity contribution in [3.63, 3.8) is 0 Å². The largest absolute Gasteiger partial charge is 0.329 e. The molecule has 1 amide bonds. The number of pyridine rings is 1. The molecule has 3 rings (SSSR count). The van der Waals surface area contributed by atoms with Gasteiger partial charge < -0.3 is 15.6 Å². The van der Waals surface area contributed by atoms with Crippen LogP contribution in [0.4, 0.5) is 5.69 Å². The normalized spacial score (nSPS) is 18.9. The summed E-state index contributed by atoms with van der Waals surface area (Å²) in [6, 6.07) is 7.18. The fourth-order valence-electron chi connectivity index (χ4n) is 2.64. The van der Waals surface area contributed by atoms with E-state index in [9.17, 15) is 9.59 Å². The molecule has 5 heteroatoms. The Morgan fingerprint density at radius 3 is 2.95 bits per heavy atom. The van der Waals surface area contributed by atoms with E-state index in [1.807, 2.05) is 12.1 Å². The maximum absolute atomic E-state index is 12.3. The predicted molar refractivity (Wildman–Crippen MR) is 78.8 cm³/mol. The predicted octanol–water partition coefficient (Wildman–Crippen LogP) is 1.47. The van der Waals surface area contributed by atoms with Crippen molar-refractivity contribution in [3.8, 4) is 0 Å². The Kier molecular flexibility index (Phi) is 3.52. The Balaban J connectivity index is 1.89. The van der Waals surface area contributed by atoms with Gasteiger partial charge in [-0.05, 0) is 37.6 Å². The minimum absolute atomic E-state index is 0.000929. The van der Waals surface area contributed by atoms with Crippen molar-refractivity contribution in [2.45, 2.75) is 12.8 Å². The number of H-pyrrole nitrogens is 1. The SMILES string of the molecule is O=C(Nc1cccc2c(=O)[nH]ccc12)[C@H]1CCCNC1. The van der Waals surface area contributed by atoms with Crippen LogP contribution in [-0.4, -0.2) is 24.0 Å². The van der Waals surface area contributed by atoms with Crippen LogP contribution in [0, 0.1) is 5.92 Å². The molecular weight excluding hydrogens is 254 g/mol. The average molecular weight is 271 g/mol. The lowest BCUT2D eigenvalue weighted by atomic mass is 9.98. The van der Waals surface area contributed by atoms with Gasteiger partial charge in [-0.1, -0.05) is 6.07 Å². The Hall–Kier alpha value is -2.14. The van der Waals surface area contributed by atoms with E-state index >= 15 is 0 Å². The zero-order valence-corrected chi connectivity index (χ0v) is 11.1. The van der Waals surface area contributed by atoms with Crippen LogP contribution in [0.25, 0.3) is 10.8 Å². The number of amides is 1. The van der Waals surface area contributed by atoms with Crippen molar-refractivity contribution in [1.29, 1.82) is 0 Å². The third-order valence-corrected chi connectivity index (χ3v) is 3.74. The van der Waals surface area contributed by atoms with E-state index in [4.69, 9.17) is 0 Å². The van der Waals surface area contributed by atoms with Gasteiger partial charge in [0.15, 0.2) is 0 Å². The number of benzene rings is 1. The van der Waals surface area contributed by atoms with Gasteiger partial charge >= 0.3 is 0 Å². The molecule has 104 valence electrons. The molecule has 0 spiro atoms. The summed E-state index contributed by atoms with van der Waals surface area (Å²) >= 11 is 0. The standard InChI is InChI=1S/C15H17N3O2/c19-14(10-3-2-7-16-9-10)18-13-5-1-4-12-11(13)6-8-17-15(12)20/h1,4-6,8,10,16H,2-3,7,9H2,(H,17,20)(H,18,19)/t10-/m0/s1. The summed E-state index contributed by atoms with van der Waals surface area (Å²) in [4.78, 5) is 26.6. The van der Waals surface area contributed by atoms with Crippen molar-refractivity contribution >= 4 is 22.4 Å². The number of aromatic nitrogens is 1. The fraction of sp³-hybridized carbons (Fsp3) is 0.333. The first kappa shape index (κ1) is 12.9. The maximum Gasteiger partial charge on any atom is 0.255 e. The van der Waals surface area contributed by atoms with Gasteiger partial charge in [0.05, 0.1) is 5.92 Å². The molecule has 1 atom stereocenters. The second-order valence-electron chi connectivity index (χ2n) is 5.11. The van der Waals surface area contributed by atoms with E-state index in [2.05, 4.69) is 15.6 Å². The van der Waals surface area contributed by atoms with Crippen LogP contribution in [-0.2, 0) is 4.79 Å². The molecule has 0 aliphatic carbocycles. The van der Waals surface area contributed by atoms with E-state index in [0.717, 1.165) is 31.3 Å². The molecule has 0 radical (unpaired) electrons. The van der Waals surface area contributed by atoms with Crippen LogP contribution < -0.4 is 16.2 Å². The number of anilines is 1. The number of rotatable bonds is 2. The zero-order chi connectivity index (χ0) is 13.9. The van der Waals surface area contributed by atoms with Crippen LogP contribution in [0.3, 0.4) is 0 Å². The Morgan fingerprint density at radius 1 is 1.25 bits per heavy atom. The number of hydrogen-bond acceptors (Lipinski definition) is 3. The Bertz CT molecular complexity index is 687. The Labute approximate surface area is 116 Å². The molecule has 1 fully saturated rings. The lowest BCUT2D eigenvalue weighted by Crippen LogP contribution is -2.37. The maximum atomic E-state index is 12.3. The van der Waals surface area contributed by atoms with Crippen LogP contribution in [0.2, 0.25) is 0 Å². The number of aromatic amines is 1. The molecule has 5 nitrogen and oxygen atoms in total. The highest BCUT2D eigenvalue weighted by molar-refractivity contribution is 6.02. The zero-order valence-electron chi connectivity index (χ0n) is 11.1. The number of carbonyl (C=O) groups excluding carboxylic acids is 1. The number of fused-ring (bicyclic) bond motifs is 1. The summed E-state index contributed by atoms with van der Waals surface area (Å²) in [6.45, 7) is 1.70.